The van der Waals surface area contributed by atoms with Gasteiger partial charge in [0.05, 0.1) is 6.04 Å². The van der Waals surface area contributed by atoms with Crippen molar-refractivity contribution in [2.75, 3.05) is 17.8 Å². The molecule has 0 aromatic heterocycles. The monoisotopic (exact) mass is 470 g/mol. The van der Waals surface area contributed by atoms with Gasteiger partial charge in [-0.3, -0.25) is 14.4 Å². The van der Waals surface area contributed by atoms with E-state index in [0.717, 1.165) is 5.56 Å². The van der Waals surface area contributed by atoms with Crippen LogP contribution >= 0.6 is 24.4 Å². The second-order valence-corrected chi connectivity index (χ2v) is 8.30. The molecule has 1 aromatic carbocycles. The standard InChI is InChI=1S/C20H30N4O5S2/c1-12(17(25)24-16(11-30)20(28)29)22-19(27)15(8-9-31-2)23-18(26)14(21)10-13-6-4-3-5-7-13/h3-7,12,14-16,30H,8-11,21H2,1-2H3,(H,22,27)(H,23,26)(H,24,25)(H,28,29). The van der Waals surface area contributed by atoms with Crippen LogP contribution in [0.15, 0.2) is 30.3 Å². The van der Waals surface area contributed by atoms with Crippen molar-refractivity contribution >= 4 is 48.1 Å². The summed E-state index contributed by atoms with van der Waals surface area (Å²) in [6, 6.07) is 5.41. The normalized spacial score (nSPS) is 14.6. The molecule has 9 nitrogen and oxygen atoms in total. The van der Waals surface area contributed by atoms with E-state index in [1.54, 1.807) is 0 Å². The average Bonchev–Trinajstić information content (AvgIpc) is 2.74. The van der Waals surface area contributed by atoms with Crippen LogP contribution in [0.3, 0.4) is 0 Å². The number of rotatable bonds is 13. The third-order valence-electron chi connectivity index (χ3n) is 4.43. The number of nitrogens with two attached hydrogens (primary N) is 1. The fourth-order valence-corrected chi connectivity index (χ4v) is 3.32. The lowest BCUT2D eigenvalue weighted by atomic mass is 10.1. The van der Waals surface area contributed by atoms with Gasteiger partial charge in [-0.25, -0.2) is 4.79 Å². The van der Waals surface area contributed by atoms with Crippen LogP contribution in [0.25, 0.3) is 0 Å². The molecule has 172 valence electrons. The van der Waals surface area contributed by atoms with Gasteiger partial charge in [-0.2, -0.15) is 24.4 Å². The Bertz CT molecular complexity index is 750. The number of aliphatic carboxylic acids is 1. The van der Waals surface area contributed by atoms with E-state index < -0.39 is 47.9 Å². The van der Waals surface area contributed by atoms with Gasteiger partial charge in [-0.1, -0.05) is 30.3 Å². The van der Waals surface area contributed by atoms with Crippen LogP contribution < -0.4 is 21.7 Å². The maximum absolute atomic E-state index is 12.7. The van der Waals surface area contributed by atoms with Gasteiger partial charge in [0.15, 0.2) is 0 Å². The molecular formula is C20H30N4O5S2. The number of thioether (sulfide) groups is 1. The van der Waals surface area contributed by atoms with Crippen molar-refractivity contribution in [1.82, 2.24) is 16.0 Å². The molecule has 0 radical (unpaired) electrons. The molecular weight excluding hydrogens is 440 g/mol. The first-order chi connectivity index (χ1) is 14.7. The van der Waals surface area contributed by atoms with Crippen LogP contribution in [0, 0.1) is 0 Å². The number of amides is 3. The van der Waals surface area contributed by atoms with Crippen LogP contribution in [-0.2, 0) is 25.6 Å². The summed E-state index contributed by atoms with van der Waals surface area (Å²) in [7, 11) is 0. The molecule has 0 bridgehead atoms. The maximum atomic E-state index is 12.7. The zero-order chi connectivity index (χ0) is 23.4. The fraction of sp³-hybridized carbons (Fsp3) is 0.500. The first-order valence-corrected chi connectivity index (χ1v) is 11.7. The lowest BCUT2D eigenvalue weighted by molar-refractivity contribution is -0.141. The van der Waals surface area contributed by atoms with Gasteiger partial charge >= 0.3 is 5.97 Å². The van der Waals surface area contributed by atoms with E-state index in [1.807, 2.05) is 36.6 Å². The van der Waals surface area contributed by atoms with Gasteiger partial charge in [0.1, 0.15) is 18.1 Å². The molecule has 31 heavy (non-hydrogen) atoms. The molecule has 0 aliphatic carbocycles. The minimum atomic E-state index is -1.22. The molecule has 11 heteroatoms. The van der Waals surface area contributed by atoms with Crippen molar-refractivity contribution < 1.29 is 24.3 Å². The van der Waals surface area contributed by atoms with Crippen LogP contribution in [0.4, 0.5) is 0 Å². The second-order valence-electron chi connectivity index (χ2n) is 6.95. The molecule has 4 unspecified atom stereocenters. The molecule has 0 saturated carbocycles. The van der Waals surface area contributed by atoms with E-state index >= 15 is 0 Å². The number of thiol groups is 1. The van der Waals surface area contributed by atoms with Crippen molar-refractivity contribution in [3.63, 3.8) is 0 Å². The van der Waals surface area contributed by atoms with E-state index in [1.165, 1.54) is 18.7 Å². The number of carboxylic acids is 1. The Kier molecular flexibility index (Phi) is 12.1. The highest BCUT2D eigenvalue weighted by molar-refractivity contribution is 7.98. The second kappa shape index (κ2) is 13.9. The summed E-state index contributed by atoms with van der Waals surface area (Å²) < 4.78 is 0. The molecule has 6 N–H and O–H groups in total. The molecule has 0 spiro atoms. The summed E-state index contributed by atoms with van der Waals surface area (Å²) in [5, 5.41) is 16.5. The van der Waals surface area contributed by atoms with Crippen LogP contribution in [0.5, 0.6) is 0 Å². The first kappa shape index (κ1) is 26.8. The number of benzene rings is 1. The Morgan fingerprint density at radius 3 is 2.19 bits per heavy atom. The highest BCUT2D eigenvalue weighted by atomic mass is 32.2. The number of carbonyl (C=O) groups is 4. The molecule has 0 saturated heterocycles. The van der Waals surface area contributed by atoms with E-state index in [-0.39, 0.29) is 5.75 Å². The third-order valence-corrected chi connectivity index (χ3v) is 5.44. The highest BCUT2D eigenvalue weighted by Gasteiger charge is 2.27. The van der Waals surface area contributed by atoms with Crippen molar-refractivity contribution in [3.8, 4) is 0 Å². The summed E-state index contributed by atoms with van der Waals surface area (Å²) in [5.74, 6) is -2.39. The fourth-order valence-electron chi connectivity index (χ4n) is 2.61. The minimum Gasteiger partial charge on any atom is -0.480 e. The summed E-state index contributed by atoms with van der Waals surface area (Å²) in [5.41, 5.74) is 6.90. The van der Waals surface area contributed by atoms with Gasteiger partial charge in [-0.05, 0) is 37.3 Å². The van der Waals surface area contributed by atoms with Crippen molar-refractivity contribution in [2.24, 2.45) is 5.73 Å². The van der Waals surface area contributed by atoms with E-state index in [4.69, 9.17) is 10.8 Å². The van der Waals surface area contributed by atoms with Gasteiger partial charge in [0.25, 0.3) is 0 Å². The number of carboxylic acid groups (broad SMARTS) is 1. The molecule has 0 aliphatic rings. The summed E-state index contributed by atoms with van der Waals surface area (Å²) in [4.78, 5) is 48.4. The van der Waals surface area contributed by atoms with Crippen LogP contribution in [0.1, 0.15) is 18.9 Å². The molecule has 0 aliphatic heterocycles. The van der Waals surface area contributed by atoms with Gasteiger partial charge < -0.3 is 26.8 Å². The number of nitrogens with one attached hydrogen (secondary N) is 3. The van der Waals surface area contributed by atoms with Crippen molar-refractivity contribution in [3.05, 3.63) is 35.9 Å². The van der Waals surface area contributed by atoms with Crippen LogP contribution in [-0.4, -0.2) is 70.7 Å². The lowest BCUT2D eigenvalue weighted by Gasteiger charge is -2.23. The first-order valence-electron chi connectivity index (χ1n) is 9.72. The van der Waals surface area contributed by atoms with E-state index in [0.29, 0.717) is 18.6 Å². The van der Waals surface area contributed by atoms with E-state index in [9.17, 15) is 19.2 Å². The molecule has 0 fully saturated rings. The van der Waals surface area contributed by atoms with E-state index in [2.05, 4.69) is 28.6 Å². The van der Waals surface area contributed by atoms with Gasteiger partial charge in [-0.15, -0.1) is 0 Å². The zero-order valence-corrected chi connectivity index (χ0v) is 19.2. The molecule has 3 amide bonds. The third kappa shape index (κ3) is 9.62. The zero-order valence-electron chi connectivity index (χ0n) is 17.5. The Morgan fingerprint density at radius 1 is 1.03 bits per heavy atom. The van der Waals surface area contributed by atoms with Crippen LogP contribution in [0.2, 0.25) is 0 Å². The predicted octanol–water partition coefficient (Wildman–Crippen LogP) is -0.202. The minimum absolute atomic E-state index is 0.0898. The summed E-state index contributed by atoms with van der Waals surface area (Å²) in [6.45, 7) is 1.43. The molecule has 4 atom stereocenters. The average molecular weight is 471 g/mol. The Morgan fingerprint density at radius 2 is 1.65 bits per heavy atom. The molecule has 1 aromatic rings. The van der Waals surface area contributed by atoms with Gasteiger partial charge in [0, 0.05) is 5.75 Å². The van der Waals surface area contributed by atoms with Gasteiger partial charge in [0.2, 0.25) is 17.7 Å². The molecule has 0 heterocycles. The van der Waals surface area contributed by atoms with Crippen molar-refractivity contribution in [1.29, 1.82) is 0 Å². The quantitative estimate of drug-likeness (QED) is 0.219. The highest BCUT2D eigenvalue weighted by Crippen LogP contribution is 2.05. The number of hydrogen-bond donors (Lipinski definition) is 6. The maximum Gasteiger partial charge on any atom is 0.327 e. The summed E-state index contributed by atoms with van der Waals surface area (Å²) in [6.07, 6.45) is 2.54. The number of hydrogen-bond acceptors (Lipinski definition) is 7. The SMILES string of the molecule is CSCCC(NC(=O)C(N)Cc1ccccc1)C(=O)NC(C)C(=O)NC(CS)C(=O)O. The Balaban J connectivity index is 2.71. The predicted molar refractivity (Wildman–Crippen MR) is 124 cm³/mol. The summed E-state index contributed by atoms with van der Waals surface area (Å²) >= 11 is 5.40. The lowest BCUT2D eigenvalue weighted by Crippen LogP contribution is -2.56. The Hall–Kier alpha value is -2.24. The largest absolute Gasteiger partial charge is 0.480 e. The Labute approximate surface area is 191 Å². The molecule has 1 rings (SSSR count). The number of carbonyl (C=O) groups excluding carboxylic acids is 3. The smallest absolute Gasteiger partial charge is 0.327 e. The topological polar surface area (TPSA) is 151 Å². The van der Waals surface area contributed by atoms with Crippen molar-refractivity contribution in [2.45, 2.75) is 43.9 Å².